The highest BCUT2D eigenvalue weighted by Gasteiger charge is 2.10. The second-order valence-electron chi connectivity index (χ2n) is 5.19. The Hall–Kier alpha value is -3.26. The Morgan fingerprint density at radius 1 is 1.00 bits per heavy atom. The van der Waals surface area contributed by atoms with Gasteiger partial charge in [0, 0.05) is 31.4 Å². The van der Waals surface area contributed by atoms with Crippen molar-refractivity contribution in [2.24, 2.45) is 7.05 Å². The van der Waals surface area contributed by atoms with Crippen molar-refractivity contribution in [2.75, 3.05) is 5.32 Å². The third kappa shape index (κ3) is 3.33. The van der Waals surface area contributed by atoms with Crippen molar-refractivity contribution in [3.63, 3.8) is 0 Å². The quantitative estimate of drug-likeness (QED) is 0.562. The molecule has 4 aromatic heterocycles. The molecule has 0 aliphatic rings. The summed E-state index contributed by atoms with van der Waals surface area (Å²) in [5.41, 5.74) is 2.56. The summed E-state index contributed by atoms with van der Waals surface area (Å²) in [4.78, 5) is 13.2. The largest absolute Gasteiger partial charge is 0.364 e. The number of aryl methyl sites for hydroxylation is 1. The standard InChI is InChI=1S/C16H12ClN7O/c1-24-7-5-15(22-24)21-16-19-13(9-14(17)20-16)11-4-2-3-10(18-11)12-6-8-25-23-12/h2-9H,1H3,(H,19,20,21,22). The number of hydrogen-bond acceptors (Lipinski definition) is 7. The molecule has 0 aromatic carbocycles. The van der Waals surface area contributed by atoms with Gasteiger partial charge in [0.15, 0.2) is 5.82 Å². The van der Waals surface area contributed by atoms with E-state index in [4.69, 9.17) is 16.1 Å². The second-order valence-corrected chi connectivity index (χ2v) is 5.58. The topological polar surface area (TPSA) is 94.6 Å². The van der Waals surface area contributed by atoms with Crippen LogP contribution in [0, 0.1) is 0 Å². The Balaban J connectivity index is 1.69. The van der Waals surface area contributed by atoms with E-state index in [-0.39, 0.29) is 0 Å². The molecule has 0 radical (unpaired) electrons. The van der Waals surface area contributed by atoms with E-state index in [1.54, 1.807) is 16.8 Å². The molecule has 0 atom stereocenters. The van der Waals surface area contributed by atoms with E-state index in [9.17, 15) is 0 Å². The van der Waals surface area contributed by atoms with Gasteiger partial charge in [0.05, 0.1) is 17.1 Å². The molecule has 0 spiro atoms. The van der Waals surface area contributed by atoms with Crippen LogP contribution in [0.3, 0.4) is 0 Å². The van der Waals surface area contributed by atoms with E-state index in [0.717, 1.165) is 0 Å². The van der Waals surface area contributed by atoms with Gasteiger partial charge >= 0.3 is 0 Å². The van der Waals surface area contributed by atoms with Gasteiger partial charge in [-0.05, 0) is 12.1 Å². The van der Waals surface area contributed by atoms with Crippen molar-refractivity contribution in [2.45, 2.75) is 0 Å². The molecule has 0 fully saturated rings. The van der Waals surface area contributed by atoms with E-state index in [1.807, 2.05) is 37.5 Å². The highest BCUT2D eigenvalue weighted by molar-refractivity contribution is 6.29. The number of nitrogens with zero attached hydrogens (tertiary/aromatic N) is 6. The molecule has 0 bridgehead atoms. The maximum absolute atomic E-state index is 6.14. The first-order valence-electron chi connectivity index (χ1n) is 7.37. The Bertz CT molecular complexity index is 1010. The zero-order valence-electron chi connectivity index (χ0n) is 13.1. The molecular weight excluding hydrogens is 342 g/mol. The third-order valence-corrected chi connectivity index (χ3v) is 3.55. The Morgan fingerprint density at radius 2 is 1.84 bits per heavy atom. The Morgan fingerprint density at radius 3 is 2.56 bits per heavy atom. The number of anilines is 2. The fraction of sp³-hybridized carbons (Fsp3) is 0.0625. The fourth-order valence-corrected chi connectivity index (χ4v) is 2.45. The van der Waals surface area contributed by atoms with Crippen LogP contribution in [0.5, 0.6) is 0 Å². The van der Waals surface area contributed by atoms with Gasteiger partial charge in [-0.2, -0.15) is 5.10 Å². The maximum atomic E-state index is 6.14. The van der Waals surface area contributed by atoms with Crippen molar-refractivity contribution in [3.8, 4) is 22.8 Å². The summed E-state index contributed by atoms with van der Waals surface area (Å²) in [5.74, 6) is 0.967. The van der Waals surface area contributed by atoms with E-state index in [1.165, 1.54) is 6.26 Å². The predicted octanol–water partition coefficient (Wildman–Crippen LogP) is 3.32. The molecule has 0 unspecified atom stereocenters. The highest BCUT2D eigenvalue weighted by atomic mass is 35.5. The molecule has 0 saturated carbocycles. The van der Waals surface area contributed by atoms with Crippen LogP contribution in [-0.2, 0) is 7.05 Å². The van der Waals surface area contributed by atoms with Crippen LogP contribution in [0.2, 0.25) is 5.15 Å². The van der Waals surface area contributed by atoms with Gasteiger partial charge in [-0.15, -0.1) is 0 Å². The molecule has 124 valence electrons. The fourth-order valence-electron chi connectivity index (χ4n) is 2.27. The average molecular weight is 354 g/mol. The average Bonchev–Trinajstić information content (AvgIpc) is 3.26. The lowest BCUT2D eigenvalue weighted by atomic mass is 10.2. The summed E-state index contributed by atoms with van der Waals surface area (Å²) < 4.78 is 6.54. The van der Waals surface area contributed by atoms with E-state index < -0.39 is 0 Å². The molecule has 4 aromatic rings. The van der Waals surface area contributed by atoms with Crippen molar-refractivity contribution < 1.29 is 4.52 Å². The minimum atomic E-state index is 0.303. The molecular formula is C16H12ClN7O. The summed E-state index contributed by atoms with van der Waals surface area (Å²) >= 11 is 6.14. The van der Waals surface area contributed by atoms with Crippen molar-refractivity contribution >= 4 is 23.4 Å². The summed E-state index contributed by atoms with van der Waals surface area (Å²) in [7, 11) is 1.83. The van der Waals surface area contributed by atoms with Crippen LogP contribution in [0.15, 0.2) is 53.4 Å². The van der Waals surface area contributed by atoms with Gasteiger partial charge in [0.25, 0.3) is 0 Å². The monoisotopic (exact) mass is 353 g/mol. The molecule has 0 saturated heterocycles. The van der Waals surface area contributed by atoms with Crippen molar-refractivity contribution in [3.05, 3.63) is 54.0 Å². The van der Waals surface area contributed by atoms with Crippen LogP contribution in [-0.4, -0.2) is 29.9 Å². The van der Waals surface area contributed by atoms with Crippen LogP contribution in [0.25, 0.3) is 22.8 Å². The zero-order valence-corrected chi connectivity index (χ0v) is 13.8. The molecule has 0 aliphatic carbocycles. The summed E-state index contributed by atoms with van der Waals surface area (Å²) in [5, 5.41) is 11.5. The first-order valence-corrected chi connectivity index (χ1v) is 7.74. The first kappa shape index (κ1) is 15.3. The maximum Gasteiger partial charge on any atom is 0.230 e. The normalized spacial score (nSPS) is 10.8. The van der Waals surface area contributed by atoms with Gasteiger partial charge < -0.3 is 9.84 Å². The SMILES string of the molecule is Cn1ccc(Nc2nc(Cl)cc(-c3cccc(-c4ccon4)n3)n2)n1. The summed E-state index contributed by atoms with van der Waals surface area (Å²) in [6.45, 7) is 0. The van der Waals surface area contributed by atoms with Crippen LogP contribution in [0.4, 0.5) is 11.8 Å². The minimum Gasteiger partial charge on any atom is -0.364 e. The Labute approximate surface area is 147 Å². The number of aromatic nitrogens is 6. The first-order chi connectivity index (χ1) is 12.2. The number of pyridine rings is 1. The predicted molar refractivity (Wildman–Crippen MR) is 92.3 cm³/mol. The molecule has 9 heteroatoms. The number of nitrogens with one attached hydrogen (secondary N) is 1. The third-order valence-electron chi connectivity index (χ3n) is 3.36. The van der Waals surface area contributed by atoms with E-state index >= 15 is 0 Å². The summed E-state index contributed by atoms with van der Waals surface area (Å²) in [6, 6.07) is 10.8. The van der Waals surface area contributed by atoms with Gasteiger partial charge in [-0.25, -0.2) is 15.0 Å². The second kappa shape index (κ2) is 6.33. The zero-order chi connectivity index (χ0) is 17.2. The molecule has 4 heterocycles. The number of hydrogen-bond donors (Lipinski definition) is 1. The lowest BCUT2D eigenvalue weighted by Crippen LogP contribution is -2.01. The minimum absolute atomic E-state index is 0.303. The molecule has 0 aliphatic heterocycles. The van der Waals surface area contributed by atoms with Gasteiger partial charge in [0.1, 0.15) is 17.1 Å². The molecule has 8 nitrogen and oxygen atoms in total. The molecule has 0 amide bonds. The van der Waals surface area contributed by atoms with Gasteiger partial charge in [0.2, 0.25) is 5.95 Å². The summed E-state index contributed by atoms with van der Waals surface area (Å²) in [6.07, 6.45) is 3.32. The lowest BCUT2D eigenvalue weighted by molar-refractivity contribution is 0.422. The number of halogens is 1. The van der Waals surface area contributed by atoms with Gasteiger partial charge in [-0.1, -0.05) is 22.8 Å². The Kier molecular flexibility index (Phi) is 3.87. The number of rotatable bonds is 4. The lowest BCUT2D eigenvalue weighted by Gasteiger charge is -2.06. The van der Waals surface area contributed by atoms with Crippen LogP contribution in [0.1, 0.15) is 0 Å². The highest BCUT2D eigenvalue weighted by Crippen LogP contribution is 2.24. The van der Waals surface area contributed by atoms with Crippen LogP contribution >= 0.6 is 11.6 Å². The van der Waals surface area contributed by atoms with Crippen molar-refractivity contribution in [1.82, 2.24) is 29.9 Å². The molecule has 25 heavy (non-hydrogen) atoms. The van der Waals surface area contributed by atoms with E-state index in [2.05, 4.69) is 30.5 Å². The van der Waals surface area contributed by atoms with E-state index in [0.29, 0.717) is 39.7 Å². The molecule has 1 N–H and O–H groups in total. The smallest absolute Gasteiger partial charge is 0.230 e. The van der Waals surface area contributed by atoms with Gasteiger partial charge in [-0.3, -0.25) is 4.68 Å². The molecule has 4 rings (SSSR count). The van der Waals surface area contributed by atoms with Crippen LogP contribution < -0.4 is 5.32 Å². The van der Waals surface area contributed by atoms with Crippen molar-refractivity contribution in [1.29, 1.82) is 0 Å².